The zero-order chi connectivity index (χ0) is 18.8. The Hall–Kier alpha value is -3.93. The third-order valence-corrected chi connectivity index (χ3v) is 4.17. The first-order chi connectivity index (χ1) is 13.1. The first kappa shape index (κ1) is 16.5. The molecule has 0 saturated carbocycles. The van der Waals surface area contributed by atoms with Crippen molar-refractivity contribution in [1.29, 1.82) is 0 Å². The van der Waals surface area contributed by atoms with Crippen LogP contribution in [0.1, 0.15) is 10.4 Å². The average Bonchev–Trinajstić information content (AvgIpc) is 2.71. The number of benzene rings is 3. The number of fused-ring (bicyclic) bond motifs is 1. The molecule has 0 fully saturated rings. The molecule has 0 saturated heterocycles. The number of phenols is 1. The number of hydrogen-bond donors (Lipinski definition) is 2. The van der Waals surface area contributed by atoms with E-state index >= 15 is 0 Å². The molecule has 0 unspecified atom stereocenters. The number of carbonyl (C=O) groups excluding carboxylic acids is 1. The average molecular weight is 357 g/mol. The number of para-hydroxylation sites is 2. The first-order valence-corrected chi connectivity index (χ1v) is 8.32. The summed E-state index contributed by atoms with van der Waals surface area (Å²) in [5, 5.41) is 10.3. The fraction of sp³-hybridized carbons (Fsp3) is 0. The number of aromatic nitrogens is 2. The monoisotopic (exact) mass is 357 g/mol. The molecule has 3 aromatic carbocycles. The second-order valence-electron chi connectivity index (χ2n) is 5.92. The van der Waals surface area contributed by atoms with Crippen LogP contribution < -0.4 is 11.0 Å². The van der Waals surface area contributed by atoms with E-state index < -0.39 is 11.5 Å². The molecule has 27 heavy (non-hydrogen) atoms. The zero-order valence-corrected chi connectivity index (χ0v) is 14.2. The summed E-state index contributed by atoms with van der Waals surface area (Å²) in [7, 11) is 0. The van der Waals surface area contributed by atoms with E-state index in [2.05, 4.69) is 10.4 Å². The molecule has 0 atom stereocenters. The van der Waals surface area contributed by atoms with Crippen LogP contribution in [0.15, 0.2) is 83.7 Å². The third kappa shape index (κ3) is 3.04. The Bertz CT molecular complexity index is 1200. The molecule has 0 radical (unpaired) electrons. The van der Waals surface area contributed by atoms with Crippen molar-refractivity contribution in [2.24, 2.45) is 0 Å². The van der Waals surface area contributed by atoms with Crippen LogP contribution in [0.2, 0.25) is 0 Å². The summed E-state index contributed by atoms with van der Waals surface area (Å²) in [5.74, 6) is -0.467. The van der Waals surface area contributed by atoms with Crippen molar-refractivity contribution in [2.45, 2.75) is 0 Å². The molecule has 0 bridgehead atoms. The fourth-order valence-electron chi connectivity index (χ4n) is 2.84. The van der Waals surface area contributed by atoms with Gasteiger partial charge in [-0.3, -0.25) is 15.0 Å². The molecule has 0 spiro atoms. The molecule has 6 heteroatoms. The molecular weight excluding hydrogens is 342 g/mol. The SMILES string of the molecule is O=C(Nn1c(-c2ccccc2)nc2ccccc2c1=O)c1ccccc1O. The number of rotatable bonds is 3. The minimum absolute atomic E-state index is 0.0663. The molecule has 132 valence electrons. The Labute approximate surface area is 154 Å². The van der Waals surface area contributed by atoms with Gasteiger partial charge in [0.1, 0.15) is 5.75 Å². The van der Waals surface area contributed by atoms with Gasteiger partial charge >= 0.3 is 0 Å². The fourth-order valence-corrected chi connectivity index (χ4v) is 2.84. The van der Waals surface area contributed by atoms with Gasteiger partial charge in [-0.2, -0.15) is 4.68 Å². The van der Waals surface area contributed by atoms with E-state index in [1.165, 1.54) is 12.1 Å². The highest BCUT2D eigenvalue weighted by Crippen LogP contribution is 2.19. The van der Waals surface area contributed by atoms with Crippen molar-refractivity contribution < 1.29 is 9.90 Å². The Morgan fingerprint density at radius 2 is 1.56 bits per heavy atom. The molecule has 1 aromatic heterocycles. The van der Waals surface area contributed by atoms with Crippen LogP contribution in [-0.4, -0.2) is 20.7 Å². The number of aromatic hydroxyl groups is 1. The van der Waals surface area contributed by atoms with Crippen molar-refractivity contribution in [1.82, 2.24) is 9.66 Å². The lowest BCUT2D eigenvalue weighted by Gasteiger charge is -2.15. The van der Waals surface area contributed by atoms with Crippen LogP contribution >= 0.6 is 0 Å². The second kappa shape index (κ2) is 6.76. The molecule has 6 nitrogen and oxygen atoms in total. The topological polar surface area (TPSA) is 84.2 Å². The predicted molar refractivity (Wildman–Crippen MR) is 103 cm³/mol. The maximum Gasteiger partial charge on any atom is 0.280 e. The number of carbonyl (C=O) groups is 1. The van der Waals surface area contributed by atoms with Crippen molar-refractivity contribution in [3.8, 4) is 17.1 Å². The van der Waals surface area contributed by atoms with E-state index in [1.807, 2.05) is 18.2 Å². The van der Waals surface area contributed by atoms with E-state index in [9.17, 15) is 14.7 Å². The van der Waals surface area contributed by atoms with Gasteiger partial charge in [-0.1, -0.05) is 54.6 Å². The van der Waals surface area contributed by atoms with Crippen LogP contribution in [-0.2, 0) is 0 Å². The molecule has 0 aliphatic rings. The molecule has 1 amide bonds. The van der Waals surface area contributed by atoms with E-state index in [0.29, 0.717) is 22.3 Å². The largest absolute Gasteiger partial charge is 0.507 e. The van der Waals surface area contributed by atoms with Crippen LogP contribution in [0, 0.1) is 0 Å². The van der Waals surface area contributed by atoms with Crippen LogP contribution in [0.4, 0.5) is 0 Å². The molecular formula is C21H15N3O3. The number of nitrogens with one attached hydrogen (secondary N) is 1. The molecule has 0 aliphatic heterocycles. The number of hydrogen-bond acceptors (Lipinski definition) is 4. The third-order valence-electron chi connectivity index (χ3n) is 4.17. The summed E-state index contributed by atoms with van der Waals surface area (Å²) in [5.41, 5.74) is 3.45. The quantitative estimate of drug-likeness (QED) is 0.590. The van der Waals surface area contributed by atoms with Gasteiger partial charge in [0.2, 0.25) is 0 Å². The highest BCUT2D eigenvalue weighted by molar-refractivity contribution is 6.02. The molecule has 4 aromatic rings. The standard InChI is InChI=1S/C21H15N3O3/c25-18-13-7-5-11-16(18)20(26)23-24-19(14-8-2-1-3-9-14)22-17-12-6-4-10-15(17)21(24)27/h1-13,25H,(H,23,26). The molecule has 1 heterocycles. The van der Waals surface area contributed by atoms with Crippen LogP contribution in [0.5, 0.6) is 5.75 Å². The lowest BCUT2D eigenvalue weighted by atomic mass is 10.2. The van der Waals surface area contributed by atoms with Crippen LogP contribution in [0.3, 0.4) is 0 Å². The first-order valence-electron chi connectivity index (χ1n) is 8.32. The summed E-state index contributed by atoms with van der Waals surface area (Å²) in [4.78, 5) is 30.2. The molecule has 2 N–H and O–H groups in total. The summed E-state index contributed by atoms with van der Waals surface area (Å²) in [6.07, 6.45) is 0. The number of nitrogens with zero attached hydrogens (tertiary/aromatic N) is 2. The predicted octanol–water partition coefficient (Wildman–Crippen LogP) is 3.15. The van der Waals surface area contributed by atoms with Gasteiger partial charge in [0.05, 0.1) is 16.5 Å². The number of amides is 1. The minimum atomic E-state index is -0.607. The van der Waals surface area contributed by atoms with E-state index in [-0.39, 0.29) is 11.3 Å². The van der Waals surface area contributed by atoms with Gasteiger partial charge in [-0.05, 0) is 24.3 Å². The second-order valence-corrected chi connectivity index (χ2v) is 5.92. The summed E-state index contributed by atoms with van der Waals surface area (Å²) >= 11 is 0. The minimum Gasteiger partial charge on any atom is -0.507 e. The van der Waals surface area contributed by atoms with Gasteiger partial charge in [0, 0.05) is 5.56 Å². The molecule has 0 aliphatic carbocycles. The summed E-state index contributed by atoms with van der Waals surface area (Å²) in [6.45, 7) is 0. The highest BCUT2D eigenvalue weighted by Gasteiger charge is 2.17. The normalized spacial score (nSPS) is 10.7. The van der Waals surface area contributed by atoms with Gasteiger partial charge in [-0.25, -0.2) is 4.98 Å². The van der Waals surface area contributed by atoms with Gasteiger partial charge in [-0.15, -0.1) is 0 Å². The van der Waals surface area contributed by atoms with E-state index in [4.69, 9.17) is 0 Å². The van der Waals surface area contributed by atoms with Crippen molar-refractivity contribution in [3.63, 3.8) is 0 Å². The van der Waals surface area contributed by atoms with Crippen LogP contribution in [0.25, 0.3) is 22.3 Å². The Kier molecular flexibility index (Phi) is 4.14. The Morgan fingerprint density at radius 3 is 2.33 bits per heavy atom. The summed E-state index contributed by atoms with van der Waals surface area (Å²) < 4.78 is 1.12. The summed E-state index contributed by atoms with van der Waals surface area (Å²) in [6, 6.07) is 22.2. The van der Waals surface area contributed by atoms with Crippen molar-refractivity contribution >= 4 is 16.8 Å². The number of phenolic OH excluding ortho intramolecular Hbond substituents is 1. The Balaban J connectivity index is 1.90. The Morgan fingerprint density at radius 1 is 0.889 bits per heavy atom. The molecule has 4 rings (SSSR count). The maximum absolute atomic E-state index is 13.0. The van der Waals surface area contributed by atoms with Crippen molar-refractivity contribution in [2.75, 3.05) is 5.43 Å². The van der Waals surface area contributed by atoms with Gasteiger partial charge in [0.25, 0.3) is 11.5 Å². The van der Waals surface area contributed by atoms with E-state index in [1.54, 1.807) is 48.5 Å². The van der Waals surface area contributed by atoms with E-state index in [0.717, 1.165) is 4.68 Å². The highest BCUT2D eigenvalue weighted by atomic mass is 16.3. The lowest BCUT2D eigenvalue weighted by Crippen LogP contribution is -2.35. The smallest absolute Gasteiger partial charge is 0.280 e. The van der Waals surface area contributed by atoms with Gasteiger partial charge < -0.3 is 5.11 Å². The maximum atomic E-state index is 13.0. The zero-order valence-electron chi connectivity index (χ0n) is 14.2. The van der Waals surface area contributed by atoms with Crippen molar-refractivity contribution in [3.05, 3.63) is 94.8 Å². The lowest BCUT2D eigenvalue weighted by molar-refractivity contribution is 0.100. The van der Waals surface area contributed by atoms with Gasteiger partial charge in [0.15, 0.2) is 5.82 Å².